The van der Waals surface area contributed by atoms with Crippen molar-refractivity contribution >= 4 is 23.3 Å². The lowest BCUT2D eigenvalue weighted by molar-refractivity contribution is -0.385. The number of hydrogen-bond acceptors (Lipinski definition) is 10. The fourth-order valence-corrected chi connectivity index (χ4v) is 6.36. The maximum atomic E-state index is 13.5. The summed E-state index contributed by atoms with van der Waals surface area (Å²) >= 11 is 0. The van der Waals surface area contributed by atoms with Crippen LogP contribution in [0.1, 0.15) is 129 Å². The Balaban J connectivity index is 2.19. The third-order valence-corrected chi connectivity index (χ3v) is 9.21. The zero-order chi connectivity index (χ0) is 38.1. The van der Waals surface area contributed by atoms with E-state index in [0.717, 1.165) is 88.4 Å². The van der Waals surface area contributed by atoms with E-state index in [1.165, 1.54) is 24.3 Å². The number of carbonyl (C=O) groups excluding carboxylic acids is 2. The van der Waals surface area contributed by atoms with E-state index in [2.05, 4.69) is 37.5 Å². The van der Waals surface area contributed by atoms with Crippen LogP contribution in [-0.2, 0) is 31.9 Å². The third-order valence-electron chi connectivity index (χ3n) is 9.21. The van der Waals surface area contributed by atoms with Crippen LogP contribution in [0.3, 0.4) is 0 Å². The predicted molar refractivity (Wildman–Crippen MR) is 204 cm³/mol. The maximum absolute atomic E-state index is 13.5. The Bertz CT molecular complexity index is 1220. The number of esters is 2. The lowest BCUT2D eigenvalue weighted by Crippen LogP contribution is -2.44. The number of benzene rings is 2. The minimum atomic E-state index is -1.00. The first kappa shape index (κ1) is 44.3. The molecular formula is C40H62N4O8. The second kappa shape index (κ2) is 26.0. The monoisotopic (exact) mass is 726 g/mol. The van der Waals surface area contributed by atoms with Gasteiger partial charge in [-0.25, -0.2) is 9.59 Å². The van der Waals surface area contributed by atoms with Gasteiger partial charge in [0.05, 0.1) is 9.85 Å². The van der Waals surface area contributed by atoms with Crippen molar-refractivity contribution in [3.05, 3.63) is 79.9 Å². The summed E-state index contributed by atoms with van der Waals surface area (Å²) in [7, 11) is 0. The highest BCUT2D eigenvalue weighted by molar-refractivity contribution is 6.29. The van der Waals surface area contributed by atoms with Crippen LogP contribution in [0, 0.1) is 20.2 Å². The molecule has 0 N–H and O–H groups in total. The number of nitrogens with zero attached hydrogens (tertiary/aromatic N) is 4. The number of rotatable bonds is 28. The molecule has 0 aliphatic rings. The summed E-state index contributed by atoms with van der Waals surface area (Å²) in [5, 5.41) is 22.2. The van der Waals surface area contributed by atoms with E-state index in [1.54, 1.807) is 24.3 Å². The molecule has 12 heteroatoms. The highest BCUT2D eigenvalue weighted by Gasteiger charge is 2.30. The molecule has 0 spiro atoms. The van der Waals surface area contributed by atoms with Crippen LogP contribution < -0.4 is 0 Å². The van der Waals surface area contributed by atoms with Gasteiger partial charge in [-0.3, -0.25) is 30.0 Å². The molecule has 0 aliphatic carbocycles. The Morgan fingerprint density at radius 3 is 1.21 bits per heavy atom. The smallest absolute Gasteiger partial charge is 0.419 e. The van der Waals surface area contributed by atoms with Gasteiger partial charge in [-0.1, -0.05) is 90.5 Å². The molecule has 2 aromatic rings. The van der Waals surface area contributed by atoms with Gasteiger partial charge in [-0.05, 0) is 75.3 Å². The topological polar surface area (TPSA) is 145 Å². The van der Waals surface area contributed by atoms with E-state index >= 15 is 0 Å². The first-order chi connectivity index (χ1) is 25.1. The quantitative estimate of drug-likeness (QED) is 0.0208. The van der Waals surface area contributed by atoms with E-state index in [-0.39, 0.29) is 11.4 Å². The van der Waals surface area contributed by atoms with Crippen molar-refractivity contribution in [3.63, 3.8) is 0 Å². The molecule has 52 heavy (non-hydrogen) atoms. The summed E-state index contributed by atoms with van der Waals surface area (Å²) < 4.78 is 12.0. The van der Waals surface area contributed by atoms with E-state index in [4.69, 9.17) is 9.47 Å². The molecular weight excluding hydrogens is 664 g/mol. The van der Waals surface area contributed by atoms with E-state index in [9.17, 15) is 29.8 Å². The van der Waals surface area contributed by atoms with Gasteiger partial charge < -0.3 is 9.47 Å². The molecule has 0 heterocycles. The molecule has 0 saturated carbocycles. The summed E-state index contributed by atoms with van der Waals surface area (Å²) in [5.41, 5.74) is 1.98. The van der Waals surface area contributed by atoms with Crippen molar-refractivity contribution in [3.8, 4) is 0 Å². The Morgan fingerprint density at radius 2 is 0.904 bits per heavy atom. The molecule has 0 saturated heterocycles. The molecule has 2 aromatic carbocycles. The van der Waals surface area contributed by atoms with E-state index < -0.39 is 34.2 Å². The largest absolute Gasteiger partial charge is 0.438 e. The summed E-state index contributed by atoms with van der Waals surface area (Å²) in [6.45, 7) is 11.4. The molecule has 290 valence electrons. The summed E-state index contributed by atoms with van der Waals surface area (Å²) in [6, 6.07) is 13.0. The number of carbonyl (C=O) groups is 2. The van der Waals surface area contributed by atoms with Gasteiger partial charge in [-0.2, -0.15) is 0 Å². The summed E-state index contributed by atoms with van der Waals surface area (Å²) in [4.78, 5) is 52.6. The van der Waals surface area contributed by atoms with Crippen LogP contribution in [0.4, 0.5) is 11.4 Å². The molecule has 2 atom stereocenters. The fourth-order valence-electron chi connectivity index (χ4n) is 6.36. The van der Waals surface area contributed by atoms with Gasteiger partial charge in [0, 0.05) is 50.4 Å². The first-order valence-electron chi connectivity index (χ1n) is 19.5. The van der Waals surface area contributed by atoms with Crippen molar-refractivity contribution in [2.45, 2.75) is 143 Å². The minimum Gasteiger partial charge on any atom is -0.438 e. The lowest BCUT2D eigenvalue weighted by atomic mass is 10.1. The number of unbranched alkanes of at least 4 members (excludes halogenated alkanes) is 6. The van der Waals surface area contributed by atoms with Gasteiger partial charge in [0.25, 0.3) is 11.4 Å². The molecule has 2 unspecified atom stereocenters. The number of aryl methyl sites for hydroxylation is 2. The minimum absolute atomic E-state index is 0.0402. The molecule has 0 amide bonds. The zero-order valence-corrected chi connectivity index (χ0v) is 32.0. The van der Waals surface area contributed by atoms with Gasteiger partial charge in [-0.15, -0.1) is 0 Å². The SMILES string of the molecule is CCCCCCN(CCC)C(CCCc1ccc([N+](=O)[O-])cc1)OC(=O)C(=O)OC(CCCc1ccc([N+](=O)[O-])cc1)N(CCC)CCCCCC. The average Bonchev–Trinajstić information content (AvgIpc) is 3.13. The number of nitro benzene ring substituents is 2. The highest BCUT2D eigenvalue weighted by Crippen LogP contribution is 2.20. The number of ether oxygens (including phenoxy) is 2. The number of non-ortho nitro benzene ring substituents is 2. The second-order valence-corrected chi connectivity index (χ2v) is 13.5. The van der Waals surface area contributed by atoms with Crippen LogP contribution in [0.15, 0.2) is 48.5 Å². The van der Waals surface area contributed by atoms with Gasteiger partial charge in [0.1, 0.15) is 0 Å². The van der Waals surface area contributed by atoms with E-state index in [1.807, 2.05) is 0 Å². The number of hydrogen-bond donors (Lipinski definition) is 0. The van der Waals surface area contributed by atoms with Gasteiger partial charge >= 0.3 is 11.9 Å². The Kier molecular flexibility index (Phi) is 22.1. The molecule has 12 nitrogen and oxygen atoms in total. The lowest BCUT2D eigenvalue weighted by Gasteiger charge is -2.32. The second-order valence-electron chi connectivity index (χ2n) is 13.5. The maximum Gasteiger partial charge on any atom is 0.419 e. The van der Waals surface area contributed by atoms with Crippen molar-refractivity contribution in [2.24, 2.45) is 0 Å². The van der Waals surface area contributed by atoms with Crippen LogP contribution in [0.2, 0.25) is 0 Å². The molecule has 0 bridgehead atoms. The van der Waals surface area contributed by atoms with Crippen molar-refractivity contribution in [2.75, 3.05) is 26.2 Å². The third kappa shape index (κ3) is 17.1. The molecule has 0 fully saturated rings. The van der Waals surface area contributed by atoms with Crippen LogP contribution in [0.5, 0.6) is 0 Å². The molecule has 0 radical (unpaired) electrons. The normalized spacial score (nSPS) is 12.5. The Morgan fingerprint density at radius 1 is 0.538 bits per heavy atom. The molecule has 0 aliphatic heterocycles. The van der Waals surface area contributed by atoms with Gasteiger partial charge in [0.15, 0.2) is 12.5 Å². The fraction of sp³-hybridized carbons (Fsp3) is 0.650. The van der Waals surface area contributed by atoms with E-state index in [0.29, 0.717) is 51.6 Å². The standard InChI is InChI=1S/C40H62N4O8/c1-5-9-11-13-31-41(29-7-3)37(19-15-17-33-21-25-35(26-22-33)43(47)48)51-39(45)40(46)52-38(42(30-8-4)32-14-12-10-6-2)20-16-18-34-23-27-36(28-24-34)44(49)50/h21-28,37-38H,5-20,29-32H2,1-4H3. The summed E-state index contributed by atoms with van der Waals surface area (Å²) in [6.07, 6.45) is 12.6. The predicted octanol–water partition coefficient (Wildman–Crippen LogP) is 9.17. The van der Waals surface area contributed by atoms with Crippen molar-refractivity contribution in [1.82, 2.24) is 9.80 Å². The van der Waals surface area contributed by atoms with Crippen LogP contribution in [-0.4, -0.2) is 70.2 Å². The molecule has 2 rings (SSSR count). The average molecular weight is 727 g/mol. The summed E-state index contributed by atoms with van der Waals surface area (Å²) in [5.74, 6) is -2.00. The first-order valence-corrected chi connectivity index (χ1v) is 19.5. The zero-order valence-electron chi connectivity index (χ0n) is 32.0. The van der Waals surface area contributed by atoms with Crippen LogP contribution >= 0.6 is 0 Å². The van der Waals surface area contributed by atoms with Crippen molar-refractivity contribution in [1.29, 1.82) is 0 Å². The van der Waals surface area contributed by atoms with Crippen LogP contribution in [0.25, 0.3) is 0 Å². The highest BCUT2D eigenvalue weighted by atomic mass is 16.6. The van der Waals surface area contributed by atoms with Gasteiger partial charge in [0.2, 0.25) is 0 Å². The molecule has 0 aromatic heterocycles. The number of nitro groups is 2. The van der Waals surface area contributed by atoms with Crippen molar-refractivity contribution < 1.29 is 28.9 Å². The Labute approximate surface area is 310 Å². The Hall–Kier alpha value is -3.90.